The molecule has 0 spiro atoms. The Kier molecular flexibility index (Phi) is 2.09. The molecule has 0 amide bonds. The molecule has 0 aromatic carbocycles. The molecule has 3 rings (SSSR count). The molecule has 1 aliphatic carbocycles. The van der Waals surface area contributed by atoms with Crippen LogP contribution >= 0.6 is 0 Å². The molecule has 15 heavy (non-hydrogen) atoms. The van der Waals surface area contributed by atoms with Gasteiger partial charge in [-0.3, -0.25) is 0 Å². The second-order valence-corrected chi connectivity index (χ2v) is 4.22. The number of methoxy groups -OCH3 is 1. The van der Waals surface area contributed by atoms with Gasteiger partial charge in [0.15, 0.2) is 0 Å². The lowest BCUT2D eigenvalue weighted by Gasteiger charge is -2.18. The largest absolute Gasteiger partial charge is 0.481 e. The van der Waals surface area contributed by atoms with E-state index >= 15 is 0 Å². The van der Waals surface area contributed by atoms with Gasteiger partial charge >= 0.3 is 0 Å². The fourth-order valence-corrected chi connectivity index (χ4v) is 2.04. The third-order valence-electron chi connectivity index (χ3n) is 3.05. The van der Waals surface area contributed by atoms with Gasteiger partial charge in [0.05, 0.1) is 12.8 Å². The molecule has 80 valence electrons. The van der Waals surface area contributed by atoms with Crippen LogP contribution in [0.25, 0.3) is 0 Å². The van der Waals surface area contributed by atoms with Crippen LogP contribution in [0.4, 0.5) is 0 Å². The number of hydrogen-bond donors (Lipinski definition) is 1. The van der Waals surface area contributed by atoms with Crippen LogP contribution in [-0.4, -0.2) is 23.6 Å². The molecule has 1 N–H and O–H groups in total. The van der Waals surface area contributed by atoms with Gasteiger partial charge in [0.1, 0.15) is 5.82 Å². The molecule has 1 aliphatic heterocycles. The minimum atomic E-state index is 0.589. The standard InChI is InChI=1S/C11H15N3O/c1-15-11-8-4-5-12-6-9(8)13-10(14-11)7-2-3-7/h7,12H,2-6H2,1H3. The SMILES string of the molecule is COc1nc(C2CC2)nc2c1CCNC2. The Labute approximate surface area is 89.1 Å². The summed E-state index contributed by atoms with van der Waals surface area (Å²) in [4.78, 5) is 9.14. The molecular formula is C11H15N3O. The maximum Gasteiger partial charge on any atom is 0.219 e. The first kappa shape index (κ1) is 9.09. The normalized spacial score (nSPS) is 19.8. The van der Waals surface area contributed by atoms with E-state index in [9.17, 15) is 0 Å². The summed E-state index contributed by atoms with van der Waals surface area (Å²) in [7, 11) is 1.70. The number of nitrogens with zero attached hydrogens (tertiary/aromatic N) is 2. The van der Waals surface area contributed by atoms with Gasteiger partial charge in [0.25, 0.3) is 0 Å². The minimum Gasteiger partial charge on any atom is -0.481 e. The smallest absolute Gasteiger partial charge is 0.219 e. The van der Waals surface area contributed by atoms with Crippen LogP contribution in [0.3, 0.4) is 0 Å². The molecule has 1 aromatic heterocycles. The Morgan fingerprint density at radius 3 is 2.93 bits per heavy atom. The van der Waals surface area contributed by atoms with Crippen LogP contribution in [0.5, 0.6) is 5.88 Å². The van der Waals surface area contributed by atoms with Gasteiger partial charge in [0.2, 0.25) is 5.88 Å². The summed E-state index contributed by atoms with van der Waals surface area (Å²) in [5.41, 5.74) is 2.33. The number of hydrogen-bond acceptors (Lipinski definition) is 4. The average molecular weight is 205 g/mol. The molecule has 0 saturated heterocycles. The maximum absolute atomic E-state index is 5.35. The lowest BCUT2D eigenvalue weighted by Crippen LogP contribution is -2.26. The van der Waals surface area contributed by atoms with Gasteiger partial charge < -0.3 is 10.1 Å². The molecule has 4 heteroatoms. The Bertz CT molecular complexity index is 370. The summed E-state index contributed by atoms with van der Waals surface area (Å²) in [6, 6.07) is 0. The van der Waals surface area contributed by atoms with Gasteiger partial charge in [-0.2, -0.15) is 4.98 Å². The van der Waals surface area contributed by atoms with Gasteiger partial charge in [-0.05, 0) is 25.8 Å². The van der Waals surface area contributed by atoms with Crippen molar-refractivity contribution >= 4 is 0 Å². The molecular weight excluding hydrogens is 190 g/mol. The van der Waals surface area contributed by atoms with Crippen LogP contribution in [0.2, 0.25) is 0 Å². The van der Waals surface area contributed by atoms with Crippen molar-refractivity contribution in [2.75, 3.05) is 13.7 Å². The van der Waals surface area contributed by atoms with E-state index in [-0.39, 0.29) is 0 Å². The van der Waals surface area contributed by atoms with Crippen molar-refractivity contribution in [1.82, 2.24) is 15.3 Å². The topological polar surface area (TPSA) is 47.0 Å². The lowest BCUT2D eigenvalue weighted by molar-refractivity contribution is 0.384. The third kappa shape index (κ3) is 1.59. The Morgan fingerprint density at radius 2 is 2.20 bits per heavy atom. The van der Waals surface area contributed by atoms with Crippen molar-refractivity contribution in [2.24, 2.45) is 0 Å². The number of rotatable bonds is 2. The molecule has 0 bridgehead atoms. The summed E-state index contributed by atoms with van der Waals surface area (Å²) in [5.74, 6) is 2.36. The van der Waals surface area contributed by atoms with E-state index in [1.54, 1.807) is 7.11 Å². The second kappa shape index (κ2) is 3.45. The average Bonchev–Trinajstić information content (AvgIpc) is 3.11. The Balaban J connectivity index is 2.06. The number of nitrogens with one attached hydrogen (secondary N) is 1. The predicted octanol–water partition coefficient (Wildman–Crippen LogP) is 1.01. The molecule has 1 saturated carbocycles. The second-order valence-electron chi connectivity index (χ2n) is 4.22. The van der Waals surface area contributed by atoms with Crippen molar-refractivity contribution in [3.05, 3.63) is 17.1 Å². The van der Waals surface area contributed by atoms with Crippen LogP contribution in [0.1, 0.15) is 35.8 Å². The van der Waals surface area contributed by atoms with Gasteiger partial charge in [0, 0.05) is 18.0 Å². The molecule has 2 aliphatic rings. The highest BCUT2D eigenvalue weighted by atomic mass is 16.5. The van der Waals surface area contributed by atoms with Crippen LogP contribution in [0, 0.1) is 0 Å². The maximum atomic E-state index is 5.35. The molecule has 1 aromatic rings. The van der Waals surface area contributed by atoms with Gasteiger partial charge in [-0.15, -0.1) is 0 Å². The van der Waals surface area contributed by atoms with Crippen molar-refractivity contribution in [1.29, 1.82) is 0 Å². The predicted molar refractivity (Wildman–Crippen MR) is 56.0 cm³/mol. The zero-order valence-corrected chi connectivity index (χ0v) is 8.92. The summed E-state index contributed by atoms with van der Waals surface area (Å²) in [6.07, 6.45) is 3.44. The number of aromatic nitrogens is 2. The summed E-state index contributed by atoms with van der Waals surface area (Å²) in [6.45, 7) is 1.85. The Hall–Kier alpha value is -1.16. The molecule has 1 fully saturated rings. The van der Waals surface area contributed by atoms with E-state index in [1.165, 1.54) is 18.4 Å². The van der Waals surface area contributed by atoms with Crippen molar-refractivity contribution in [2.45, 2.75) is 31.7 Å². The van der Waals surface area contributed by atoms with Crippen molar-refractivity contribution < 1.29 is 4.74 Å². The highest BCUT2D eigenvalue weighted by Crippen LogP contribution is 2.39. The Morgan fingerprint density at radius 1 is 1.33 bits per heavy atom. The molecule has 0 atom stereocenters. The molecule has 0 unspecified atom stereocenters. The van der Waals surface area contributed by atoms with Crippen molar-refractivity contribution in [3.63, 3.8) is 0 Å². The summed E-state index contributed by atoms with van der Waals surface area (Å²) < 4.78 is 5.35. The van der Waals surface area contributed by atoms with E-state index < -0.39 is 0 Å². The first-order valence-corrected chi connectivity index (χ1v) is 5.53. The first-order valence-electron chi connectivity index (χ1n) is 5.53. The van der Waals surface area contributed by atoms with E-state index in [4.69, 9.17) is 4.74 Å². The summed E-state index contributed by atoms with van der Waals surface area (Å²) >= 11 is 0. The highest BCUT2D eigenvalue weighted by Gasteiger charge is 2.29. The first-order chi connectivity index (χ1) is 7.38. The summed E-state index contributed by atoms with van der Waals surface area (Å²) in [5, 5.41) is 3.33. The fraction of sp³-hybridized carbons (Fsp3) is 0.636. The van der Waals surface area contributed by atoms with E-state index in [2.05, 4.69) is 15.3 Å². The molecule has 0 radical (unpaired) electrons. The third-order valence-corrected chi connectivity index (χ3v) is 3.05. The van der Waals surface area contributed by atoms with E-state index in [1.807, 2.05) is 0 Å². The van der Waals surface area contributed by atoms with Crippen LogP contribution < -0.4 is 10.1 Å². The zero-order chi connectivity index (χ0) is 10.3. The van der Waals surface area contributed by atoms with Crippen molar-refractivity contribution in [3.8, 4) is 5.88 Å². The minimum absolute atomic E-state index is 0.589. The number of fused-ring (bicyclic) bond motifs is 1. The van der Waals surface area contributed by atoms with Crippen LogP contribution in [-0.2, 0) is 13.0 Å². The molecule has 2 heterocycles. The van der Waals surface area contributed by atoms with E-state index in [0.717, 1.165) is 36.9 Å². The quantitative estimate of drug-likeness (QED) is 0.782. The highest BCUT2D eigenvalue weighted by molar-refractivity contribution is 5.34. The van der Waals surface area contributed by atoms with Gasteiger partial charge in [-0.25, -0.2) is 4.98 Å². The zero-order valence-electron chi connectivity index (χ0n) is 8.92. The fourth-order valence-electron chi connectivity index (χ4n) is 2.04. The number of ether oxygens (including phenoxy) is 1. The lowest BCUT2D eigenvalue weighted by atomic mass is 10.1. The van der Waals surface area contributed by atoms with Crippen LogP contribution in [0.15, 0.2) is 0 Å². The monoisotopic (exact) mass is 205 g/mol. The van der Waals surface area contributed by atoms with E-state index in [0.29, 0.717) is 5.92 Å². The van der Waals surface area contributed by atoms with Gasteiger partial charge in [-0.1, -0.05) is 0 Å². The molecule has 4 nitrogen and oxygen atoms in total.